The predicted molar refractivity (Wildman–Crippen MR) is 83.6 cm³/mol. The lowest BCUT2D eigenvalue weighted by Gasteiger charge is -2.24. The van der Waals surface area contributed by atoms with Crippen molar-refractivity contribution in [3.8, 4) is 0 Å². The van der Waals surface area contributed by atoms with Crippen molar-refractivity contribution in [1.29, 1.82) is 0 Å². The van der Waals surface area contributed by atoms with Gasteiger partial charge in [0.25, 0.3) is 5.91 Å². The van der Waals surface area contributed by atoms with E-state index in [0.29, 0.717) is 24.1 Å². The Balaban J connectivity index is 1.63. The number of amides is 1. The number of benzene rings is 1. The van der Waals surface area contributed by atoms with Crippen LogP contribution in [0.2, 0.25) is 0 Å². The van der Waals surface area contributed by atoms with Gasteiger partial charge in [-0.1, -0.05) is 5.21 Å². The Bertz CT molecular complexity index is 881. The third-order valence-corrected chi connectivity index (χ3v) is 4.30. The van der Waals surface area contributed by atoms with Gasteiger partial charge in [-0.05, 0) is 18.9 Å². The lowest BCUT2D eigenvalue weighted by Crippen LogP contribution is -2.38. The molecule has 1 fully saturated rings. The minimum absolute atomic E-state index is 0.0174. The third-order valence-electron chi connectivity index (χ3n) is 4.30. The van der Waals surface area contributed by atoms with Crippen LogP contribution in [0.4, 0.5) is 4.39 Å². The van der Waals surface area contributed by atoms with Crippen LogP contribution in [0.15, 0.2) is 36.9 Å². The first-order valence-electron chi connectivity index (χ1n) is 7.78. The van der Waals surface area contributed by atoms with E-state index in [-0.39, 0.29) is 17.5 Å². The molecule has 0 N–H and O–H groups in total. The van der Waals surface area contributed by atoms with Crippen LogP contribution in [0.1, 0.15) is 23.2 Å². The van der Waals surface area contributed by atoms with Gasteiger partial charge in [-0.25, -0.2) is 4.39 Å². The SMILES string of the molecule is O=C(c1cc2nccnc2cc1F)N1CCC[C@H]1Cn1ccnn1. The highest BCUT2D eigenvalue weighted by Gasteiger charge is 2.31. The van der Waals surface area contributed by atoms with E-state index in [9.17, 15) is 9.18 Å². The van der Waals surface area contributed by atoms with E-state index in [4.69, 9.17) is 0 Å². The summed E-state index contributed by atoms with van der Waals surface area (Å²) in [4.78, 5) is 22.8. The first-order valence-corrected chi connectivity index (χ1v) is 7.78. The van der Waals surface area contributed by atoms with Crippen molar-refractivity contribution in [2.24, 2.45) is 0 Å². The minimum atomic E-state index is -0.570. The molecule has 1 saturated heterocycles. The average Bonchev–Trinajstić information content (AvgIpc) is 3.26. The molecule has 1 aromatic carbocycles. The number of carbonyl (C=O) groups is 1. The third kappa shape index (κ3) is 2.60. The second-order valence-corrected chi connectivity index (χ2v) is 5.80. The highest BCUT2D eigenvalue weighted by Crippen LogP contribution is 2.24. The summed E-state index contributed by atoms with van der Waals surface area (Å²) in [7, 11) is 0. The van der Waals surface area contributed by atoms with Crippen LogP contribution in [0.5, 0.6) is 0 Å². The average molecular weight is 326 g/mol. The maximum Gasteiger partial charge on any atom is 0.257 e. The molecule has 122 valence electrons. The van der Waals surface area contributed by atoms with E-state index in [1.54, 1.807) is 22.0 Å². The number of hydrogen-bond acceptors (Lipinski definition) is 5. The van der Waals surface area contributed by atoms with Gasteiger partial charge in [0.1, 0.15) is 5.82 Å². The quantitative estimate of drug-likeness (QED) is 0.732. The van der Waals surface area contributed by atoms with Gasteiger partial charge in [-0.15, -0.1) is 5.10 Å². The molecule has 1 amide bonds. The summed E-state index contributed by atoms with van der Waals surface area (Å²) in [6, 6.07) is 2.72. The standard InChI is InChI=1S/C16H15FN6O/c17-13-9-15-14(18-3-4-19-15)8-12(13)16(24)23-6-1-2-11(23)10-22-7-5-20-21-22/h3-5,7-9,11H,1-2,6,10H2/t11-/m0/s1. The second kappa shape index (κ2) is 5.95. The summed E-state index contributed by atoms with van der Waals surface area (Å²) in [5.74, 6) is -0.887. The molecular weight excluding hydrogens is 311 g/mol. The monoisotopic (exact) mass is 326 g/mol. The van der Waals surface area contributed by atoms with E-state index in [1.165, 1.54) is 24.5 Å². The molecule has 0 unspecified atom stereocenters. The van der Waals surface area contributed by atoms with Crippen molar-refractivity contribution in [2.45, 2.75) is 25.4 Å². The number of rotatable bonds is 3. The largest absolute Gasteiger partial charge is 0.334 e. The number of aromatic nitrogens is 5. The van der Waals surface area contributed by atoms with E-state index in [2.05, 4.69) is 20.3 Å². The van der Waals surface area contributed by atoms with E-state index in [0.717, 1.165) is 12.8 Å². The Morgan fingerprint density at radius 2 is 2.00 bits per heavy atom. The molecule has 1 aliphatic heterocycles. The van der Waals surface area contributed by atoms with Crippen LogP contribution < -0.4 is 0 Å². The summed E-state index contributed by atoms with van der Waals surface area (Å²) < 4.78 is 16.1. The smallest absolute Gasteiger partial charge is 0.257 e. The topological polar surface area (TPSA) is 76.8 Å². The van der Waals surface area contributed by atoms with E-state index >= 15 is 0 Å². The van der Waals surface area contributed by atoms with Crippen molar-refractivity contribution in [2.75, 3.05) is 6.54 Å². The normalized spacial score (nSPS) is 17.5. The van der Waals surface area contributed by atoms with Crippen LogP contribution in [0.25, 0.3) is 11.0 Å². The summed E-state index contributed by atoms with van der Waals surface area (Å²) in [6.07, 6.45) is 8.13. The molecule has 1 aliphatic rings. The van der Waals surface area contributed by atoms with E-state index < -0.39 is 5.82 Å². The van der Waals surface area contributed by atoms with Crippen LogP contribution in [0.3, 0.4) is 0 Å². The highest BCUT2D eigenvalue weighted by molar-refractivity contribution is 5.97. The van der Waals surface area contributed by atoms with Crippen LogP contribution >= 0.6 is 0 Å². The first kappa shape index (κ1) is 14.7. The molecule has 8 heteroatoms. The Kier molecular flexibility index (Phi) is 3.64. The maximum absolute atomic E-state index is 14.4. The Hall–Kier alpha value is -2.90. The molecule has 7 nitrogen and oxygen atoms in total. The molecule has 1 atom stereocenters. The summed E-state index contributed by atoms with van der Waals surface area (Å²) in [6.45, 7) is 1.16. The molecule has 0 aliphatic carbocycles. The molecule has 3 heterocycles. The maximum atomic E-state index is 14.4. The molecule has 0 saturated carbocycles. The van der Waals surface area contributed by atoms with Gasteiger partial charge < -0.3 is 4.90 Å². The van der Waals surface area contributed by atoms with Crippen molar-refractivity contribution in [3.63, 3.8) is 0 Å². The van der Waals surface area contributed by atoms with Crippen molar-refractivity contribution >= 4 is 16.9 Å². The summed E-state index contributed by atoms with van der Waals surface area (Å²) in [5, 5.41) is 7.72. The summed E-state index contributed by atoms with van der Waals surface area (Å²) >= 11 is 0. The lowest BCUT2D eigenvalue weighted by molar-refractivity contribution is 0.0716. The highest BCUT2D eigenvalue weighted by atomic mass is 19.1. The van der Waals surface area contributed by atoms with Crippen molar-refractivity contribution in [1.82, 2.24) is 29.9 Å². The molecule has 0 radical (unpaired) electrons. The van der Waals surface area contributed by atoms with Gasteiger partial charge in [0.15, 0.2) is 0 Å². The number of likely N-dealkylation sites (tertiary alicyclic amines) is 1. The first-order chi connectivity index (χ1) is 11.7. The zero-order valence-corrected chi connectivity index (χ0v) is 12.8. The van der Waals surface area contributed by atoms with Crippen molar-refractivity contribution in [3.05, 3.63) is 48.3 Å². The van der Waals surface area contributed by atoms with Crippen molar-refractivity contribution < 1.29 is 9.18 Å². The number of hydrogen-bond donors (Lipinski definition) is 0. The molecule has 3 aromatic rings. The fraction of sp³-hybridized carbons (Fsp3) is 0.312. The number of halogens is 1. The van der Waals surface area contributed by atoms with Gasteiger partial charge in [-0.2, -0.15) is 0 Å². The minimum Gasteiger partial charge on any atom is -0.334 e. The molecular formula is C16H15FN6O. The van der Waals surface area contributed by atoms with Gasteiger partial charge in [0, 0.05) is 31.2 Å². The molecule has 0 bridgehead atoms. The van der Waals surface area contributed by atoms with E-state index in [1.807, 2.05) is 0 Å². The predicted octanol–water partition coefficient (Wildman–Crippen LogP) is 1.67. The van der Waals surface area contributed by atoms with Crippen LogP contribution in [0, 0.1) is 5.82 Å². The lowest BCUT2D eigenvalue weighted by atomic mass is 10.1. The van der Waals surface area contributed by atoms with Gasteiger partial charge in [-0.3, -0.25) is 19.4 Å². The van der Waals surface area contributed by atoms with Gasteiger partial charge in [0.05, 0.1) is 35.4 Å². The second-order valence-electron chi connectivity index (χ2n) is 5.80. The Labute approximate surface area is 137 Å². The number of nitrogens with zero attached hydrogens (tertiary/aromatic N) is 6. The van der Waals surface area contributed by atoms with Crippen LogP contribution in [-0.2, 0) is 6.54 Å². The number of carbonyl (C=O) groups excluding carboxylic acids is 1. The summed E-state index contributed by atoms with van der Waals surface area (Å²) in [5.41, 5.74) is 0.981. The fourth-order valence-corrected chi connectivity index (χ4v) is 3.14. The molecule has 24 heavy (non-hydrogen) atoms. The molecule has 2 aromatic heterocycles. The molecule has 4 rings (SSSR count). The zero-order valence-electron chi connectivity index (χ0n) is 12.8. The Morgan fingerprint density at radius 1 is 1.21 bits per heavy atom. The van der Waals surface area contributed by atoms with Crippen LogP contribution in [-0.4, -0.2) is 48.4 Å². The number of fused-ring (bicyclic) bond motifs is 1. The zero-order chi connectivity index (χ0) is 16.5. The van der Waals surface area contributed by atoms with Gasteiger partial charge >= 0.3 is 0 Å². The Morgan fingerprint density at radius 3 is 2.75 bits per heavy atom. The molecule has 0 spiro atoms. The van der Waals surface area contributed by atoms with Gasteiger partial charge in [0.2, 0.25) is 0 Å². The fourth-order valence-electron chi connectivity index (χ4n) is 3.14.